The molecule has 0 N–H and O–H groups in total. The van der Waals surface area contributed by atoms with E-state index in [1.54, 1.807) is 56.3 Å². The van der Waals surface area contributed by atoms with Crippen molar-refractivity contribution in [3.8, 4) is 0 Å². The molecule has 3 aromatic rings. The van der Waals surface area contributed by atoms with Gasteiger partial charge >= 0.3 is 11.9 Å². The normalized spacial score (nSPS) is 11.2. The highest BCUT2D eigenvalue weighted by atomic mass is 79.9. The fourth-order valence-corrected chi connectivity index (χ4v) is 5.44. The van der Waals surface area contributed by atoms with E-state index >= 15 is 0 Å². The van der Waals surface area contributed by atoms with Crippen LogP contribution in [-0.4, -0.2) is 37.5 Å². The molecule has 0 aliphatic carbocycles. The molecule has 0 fully saturated rings. The van der Waals surface area contributed by atoms with E-state index in [9.17, 15) is 18.0 Å². The van der Waals surface area contributed by atoms with Gasteiger partial charge in [-0.2, -0.15) is 0 Å². The first-order valence-corrected chi connectivity index (χ1v) is 12.5. The average Bonchev–Trinajstić information content (AvgIpc) is 3.12. The highest BCUT2D eigenvalue weighted by Crippen LogP contribution is 2.33. The van der Waals surface area contributed by atoms with Gasteiger partial charge in [0.2, 0.25) is 0 Å². The van der Waals surface area contributed by atoms with E-state index in [1.807, 2.05) is 0 Å². The zero-order chi connectivity index (χ0) is 23.3. The molecule has 1 aromatic heterocycles. The molecular formula is C23H22BrNO6S. The maximum absolute atomic E-state index is 13.7. The van der Waals surface area contributed by atoms with E-state index in [-0.39, 0.29) is 34.7 Å². The lowest BCUT2D eigenvalue weighted by atomic mass is 10.1. The van der Waals surface area contributed by atoms with E-state index in [0.717, 1.165) is 3.97 Å². The molecule has 0 spiro atoms. The average molecular weight is 520 g/mol. The van der Waals surface area contributed by atoms with Gasteiger partial charge in [0.15, 0.2) is 0 Å². The number of benzene rings is 2. The molecule has 1 heterocycles. The molecule has 3 rings (SSSR count). The first kappa shape index (κ1) is 23.7. The second-order valence-electron chi connectivity index (χ2n) is 6.60. The molecule has 0 aliphatic rings. The third-order valence-electron chi connectivity index (χ3n) is 4.66. The molecule has 7 nitrogen and oxygen atoms in total. The van der Waals surface area contributed by atoms with Gasteiger partial charge in [0, 0.05) is 10.7 Å². The largest absolute Gasteiger partial charge is 0.462 e. The van der Waals surface area contributed by atoms with Crippen LogP contribution in [0.25, 0.3) is 17.0 Å². The van der Waals surface area contributed by atoms with Crippen molar-refractivity contribution in [1.29, 1.82) is 0 Å². The SMILES string of the molecule is CCOC(=O)C(=Cc1c(CBr)c2ccccc2n1S(=O)(=O)c1ccccc1)C(=O)OCC. The van der Waals surface area contributed by atoms with Crippen LogP contribution in [-0.2, 0) is 34.4 Å². The van der Waals surface area contributed by atoms with Crippen LogP contribution in [0.4, 0.5) is 0 Å². The molecule has 0 bridgehead atoms. The van der Waals surface area contributed by atoms with Crippen LogP contribution in [0.15, 0.2) is 65.1 Å². The smallest absolute Gasteiger partial charge is 0.345 e. The van der Waals surface area contributed by atoms with E-state index in [1.165, 1.54) is 18.2 Å². The van der Waals surface area contributed by atoms with E-state index in [4.69, 9.17) is 9.47 Å². The topological polar surface area (TPSA) is 91.7 Å². The molecule has 0 atom stereocenters. The number of nitrogens with zero attached hydrogens (tertiary/aromatic N) is 1. The van der Waals surface area contributed by atoms with Crippen molar-refractivity contribution < 1.29 is 27.5 Å². The Morgan fingerprint density at radius 1 is 0.938 bits per heavy atom. The summed E-state index contributed by atoms with van der Waals surface area (Å²) in [6, 6.07) is 14.9. The molecule has 0 saturated heterocycles. The lowest BCUT2D eigenvalue weighted by molar-refractivity contribution is -0.146. The number of aromatic nitrogens is 1. The van der Waals surface area contributed by atoms with Gasteiger partial charge in [-0.25, -0.2) is 22.0 Å². The number of hydrogen-bond acceptors (Lipinski definition) is 6. The number of ether oxygens (including phenoxy) is 2. The van der Waals surface area contributed by atoms with Gasteiger partial charge in [-0.05, 0) is 43.7 Å². The fraction of sp³-hybridized carbons (Fsp3) is 0.217. The molecule has 2 aromatic carbocycles. The maximum atomic E-state index is 13.7. The van der Waals surface area contributed by atoms with Crippen molar-refractivity contribution in [2.75, 3.05) is 13.2 Å². The van der Waals surface area contributed by atoms with Crippen LogP contribution in [0, 0.1) is 0 Å². The van der Waals surface area contributed by atoms with E-state index in [2.05, 4.69) is 15.9 Å². The second-order valence-corrected chi connectivity index (χ2v) is 8.94. The Bertz CT molecular complexity index is 1260. The number of alkyl halides is 1. The Morgan fingerprint density at radius 3 is 2.06 bits per heavy atom. The Labute approximate surface area is 194 Å². The summed E-state index contributed by atoms with van der Waals surface area (Å²) < 4.78 is 38.5. The van der Waals surface area contributed by atoms with Crippen molar-refractivity contribution in [3.05, 3.63) is 71.4 Å². The molecule has 0 saturated carbocycles. The molecule has 168 valence electrons. The highest BCUT2D eigenvalue weighted by molar-refractivity contribution is 9.08. The molecule has 0 amide bonds. The number of fused-ring (bicyclic) bond motifs is 1. The Hall–Kier alpha value is -2.91. The minimum atomic E-state index is -4.06. The third-order valence-corrected chi connectivity index (χ3v) is 6.97. The number of hydrogen-bond donors (Lipinski definition) is 0. The molecule has 9 heteroatoms. The first-order valence-electron chi connectivity index (χ1n) is 9.91. The van der Waals surface area contributed by atoms with Gasteiger partial charge in [-0.15, -0.1) is 0 Å². The summed E-state index contributed by atoms with van der Waals surface area (Å²) in [5, 5.41) is 0.956. The van der Waals surface area contributed by atoms with Gasteiger partial charge in [-0.3, -0.25) is 0 Å². The zero-order valence-electron chi connectivity index (χ0n) is 17.6. The molecule has 0 unspecified atom stereocenters. The number of rotatable bonds is 8. The minimum Gasteiger partial charge on any atom is -0.462 e. The van der Waals surface area contributed by atoms with E-state index < -0.39 is 22.0 Å². The standard InChI is InChI=1S/C23H22BrNO6S/c1-3-30-22(26)18(23(27)31-4-2)14-21-19(15-24)17-12-8-9-13-20(17)25(21)32(28,29)16-10-6-5-7-11-16/h5-14H,3-4,15H2,1-2H3. The monoisotopic (exact) mass is 519 g/mol. The Balaban J connectivity index is 2.40. The summed E-state index contributed by atoms with van der Waals surface area (Å²) in [6.45, 7) is 3.32. The van der Waals surface area contributed by atoms with Crippen LogP contribution < -0.4 is 0 Å². The lowest BCUT2D eigenvalue weighted by Crippen LogP contribution is -2.20. The summed E-state index contributed by atoms with van der Waals surface area (Å²) in [5.41, 5.74) is 0.807. The summed E-state index contributed by atoms with van der Waals surface area (Å²) in [7, 11) is -4.06. The van der Waals surface area contributed by atoms with Gasteiger partial charge in [0.1, 0.15) is 5.57 Å². The van der Waals surface area contributed by atoms with Gasteiger partial charge in [0.25, 0.3) is 10.0 Å². The zero-order valence-corrected chi connectivity index (χ0v) is 20.0. The van der Waals surface area contributed by atoms with E-state index in [0.29, 0.717) is 16.5 Å². The lowest BCUT2D eigenvalue weighted by Gasteiger charge is -2.12. The summed E-state index contributed by atoms with van der Waals surface area (Å²) in [5.74, 6) is -1.78. The van der Waals surface area contributed by atoms with Gasteiger partial charge in [-0.1, -0.05) is 52.3 Å². The van der Waals surface area contributed by atoms with Crippen molar-refractivity contribution in [1.82, 2.24) is 3.97 Å². The maximum Gasteiger partial charge on any atom is 0.345 e. The van der Waals surface area contributed by atoms with Crippen molar-refractivity contribution in [2.45, 2.75) is 24.1 Å². The third kappa shape index (κ3) is 4.49. The molecule has 32 heavy (non-hydrogen) atoms. The highest BCUT2D eigenvalue weighted by Gasteiger charge is 2.28. The van der Waals surface area contributed by atoms with Crippen LogP contribution in [0.2, 0.25) is 0 Å². The number of halogens is 1. The fourth-order valence-electron chi connectivity index (χ4n) is 3.29. The van der Waals surface area contributed by atoms with Crippen molar-refractivity contribution >= 4 is 54.9 Å². The van der Waals surface area contributed by atoms with Crippen LogP contribution >= 0.6 is 15.9 Å². The quantitative estimate of drug-likeness (QED) is 0.145. The predicted octanol–water partition coefficient (Wildman–Crippen LogP) is 4.28. The van der Waals surface area contributed by atoms with Crippen LogP contribution in [0.3, 0.4) is 0 Å². The van der Waals surface area contributed by atoms with Gasteiger partial charge < -0.3 is 9.47 Å². The number of carbonyl (C=O) groups is 2. The summed E-state index contributed by atoms with van der Waals surface area (Å²) in [4.78, 5) is 25.2. The molecule has 0 radical (unpaired) electrons. The number of esters is 2. The number of carbonyl (C=O) groups excluding carboxylic acids is 2. The Kier molecular flexibility index (Phi) is 7.52. The molecular weight excluding hydrogens is 498 g/mol. The number of para-hydroxylation sites is 1. The van der Waals surface area contributed by atoms with Gasteiger partial charge in [0.05, 0.1) is 29.3 Å². The van der Waals surface area contributed by atoms with Crippen LogP contribution in [0.5, 0.6) is 0 Å². The Morgan fingerprint density at radius 2 is 1.50 bits per heavy atom. The molecule has 0 aliphatic heterocycles. The first-order chi connectivity index (χ1) is 15.4. The summed E-state index contributed by atoms with van der Waals surface area (Å²) in [6.07, 6.45) is 1.23. The second kappa shape index (κ2) is 10.1. The minimum absolute atomic E-state index is 0.0478. The van der Waals surface area contributed by atoms with Crippen LogP contribution in [0.1, 0.15) is 25.1 Å². The van der Waals surface area contributed by atoms with Crippen molar-refractivity contribution in [3.63, 3.8) is 0 Å². The van der Waals surface area contributed by atoms with Crippen molar-refractivity contribution in [2.24, 2.45) is 0 Å². The summed E-state index contributed by atoms with van der Waals surface area (Å²) >= 11 is 3.42. The predicted molar refractivity (Wildman–Crippen MR) is 125 cm³/mol.